The number of rotatable bonds is 2. The molecule has 3 N–H and O–H groups in total. The highest BCUT2D eigenvalue weighted by molar-refractivity contribution is 5.26. The Bertz CT molecular complexity index is 258. The van der Waals surface area contributed by atoms with Crippen molar-refractivity contribution in [2.75, 3.05) is 0 Å². The molecule has 0 aliphatic heterocycles. The number of terminal acetylenes is 1. The molecular weight excluding hydrogens is 138 g/mol. The Morgan fingerprint density at radius 1 is 1.64 bits per heavy atom. The second kappa shape index (κ2) is 3.71. The normalized spacial score (nSPS) is 9.09. The number of aromatic nitrogens is 1. The molecule has 0 fully saturated rings. The molecule has 1 heterocycles. The highest BCUT2D eigenvalue weighted by Gasteiger charge is 1.90. The first kappa shape index (κ1) is 7.73. The number of pyridine rings is 1. The van der Waals surface area contributed by atoms with Gasteiger partial charge in [0, 0.05) is 12.7 Å². The first-order chi connectivity index (χ1) is 5.36. The van der Waals surface area contributed by atoms with Crippen molar-refractivity contribution < 1.29 is 0 Å². The maximum atomic E-state index is 5.12. The number of nitrogens with zero attached hydrogens (tertiary/aromatic N) is 1. The van der Waals surface area contributed by atoms with Crippen molar-refractivity contribution >= 4 is 0 Å². The van der Waals surface area contributed by atoms with Crippen LogP contribution in [0.2, 0.25) is 0 Å². The van der Waals surface area contributed by atoms with Crippen molar-refractivity contribution in [3.63, 3.8) is 0 Å². The summed E-state index contributed by atoms with van der Waals surface area (Å²) in [5, 5.41) is 0. The first-order valence-electron chi connectivity index (χ1n) is 3.22. The van der Waals surface area contributed by atoms with Crippen LogP contribution in [-0.2, 0) is 6.54 Å². The molecule has 0 saturated carbocycles. The summed E-state index contributed by atoms with van der Waals surface area (Å²) in [6, 6.07) is 3.68. The van der Waals surface area contributed by atoms with Crippen LogP contribution in [0.4, 0.5) is 0 Å². The Morgan fingerprint density at radius 3 is 2.91 bits per heavy atom. The molecular formula is C8H9N3. The quantitative estimate of drug-likeness (QED) is 0.352. The van der Waals surface area contributed by atoms with Crippen molar-refractivity contribution in [3.8, 4) is 12.3 Å². The monoisotopic (exact) mass is 147 g/mol. The van der Waals surface area contributed by atoms with Gasteiger partial charge < -0.3 is 0 Å². The molecule has 3 nitrogen and oxygen atoms in total. The van der Waals surface area contributed by atoms with Gasteiger partial charge in [-0.2, -0.15) is 0 Å². The lowest BCUT2D eigenvalue weighted by Gasteiger charge is -1.97. The molecule has 11 heavy (non-hydrogen) atoms. The summed E-state index contributed by atoms with van der Waals surface area (Å²) in [7, 11) is 0. The van der Waals surface area contributed by atoms with Gasteiger partial charge in [0.15, 0.2) is 0 Å². The predicted octanol–water partition coefficient (Wildman–Crippen LogP) is 0.0262. The van der Waals surface area contributed by atoms with E-state index in [-0.39, 0.29) is 0 Å². The number of nitrogens with two attached hydrogens (primary N) is 1. The maximum Gasteiger partial charge on any atom is 0.112 e. The molecule has 56 valence electrons. The fourth-order valence-corrected chi connectivity index (χ4v) is 0.732. The number of hydrazine groups is 1. The zero-order chi connectivity index (χ0) is 8.10. The second-order valence-corrected chi connectivity index (χ2v) is 2.08. The summed E-state index contributed by atoms with van der Waals surface area (Å²) in [4.78, 5) is 3.98. The van der Waals surface area contributed by atoms with Gasteiger partial charge in [-0.15, -0.1) is 6.42 Å². The van der Waals surface area contributed by atoms with E-state index in [1.165, 1.54) is 0 Å². The van der Waals surface area contributed by atoms with Gasteiger partial charge in [0.2, 0.25) is 0 Å². The number of hydrogen-bond donors (Lipinski definition) is 2. The minimum atomic E-state index is 0.609. The maximum absolute atomic E-state index is 5.12. The molecule has 1 aromatic heterocycles. The van der Waals surface area contributed by atoms with Crippen molar-refractivity contribution in [1.82, 2.24) is 10.4 Å². The van der Waals surface area contributed by atoms with Crippen LogP contribution in [0.25, 0.3) is 0 Å². The van der Waals surface area contributed by atoms with Crippen LogP contribution in [0.1, 0.15) is 11.3 Å². The van der Waals surface area contributed by atoms with Crippen molar-refractivity contribution in [1.29, 1.82) is 0 Å². The standard InChI is InChI=1S/C8H9N3/c1-2-8-4-3-7(5-10-8)6-11-9/h1,3-5,11H,6,9H2. The molecule has 0 saturated heterocycles. The Labute approximate surface area is 65.6 Å². The van der Waals surface area contributed by atoms with Gasteiger partial charge in [-0.05, 0) is 11.6 Å². The van der Waals surface area contributed by atoms with Crippen molar-refractivity contribution in [2.24, 2.45) is 5.84 Å². The van der Waals surface area contributed by atoms with Gasteiger partial charge in [-0.1, -0.05) is 12.0 Å². The van der Waals surface area contributed by atoms with Crippen LogP contribution >= 0.6 is 0 Å². The van der Waals surface area contributed by atoms with Gasteiger partial charge in [-0.3, -0.25) is 11.3 Å². The molecule has 0 aromatic carbocycles. The smallest absolute Gasteiger partial charge is 0.112 e. The number of nitrogens with one attached hydrogen (secondary N) is 1. The average Bonchev–Trinajstić information content (AvgIpc) is 2.07. The van der Waals surface area contributed by atoms with Gasteiger partial charge in [0.05, 0.1) is 0 Å². The Hall–Kier alpha value is -1.37. The van der Waals surface area contributed by atoms with E-state index in [4.69, 9.17) is 12.3 Å². The summed E-state index contributed by atoms with van der Waals surface area (Å²) in [5.74, 6) is 7.55. The van der Waals surface area contributed by atoms with Gasteiger partial charge in [0.25, 0.3) is 0 Å². The zero-order valence-electron chi connectivity index (χ0n) is 6.04. The molecule has 0 atom stereocenters. The third-order valence-corrected chi connectivity index (χ3v) is 1.28. The van der Waals surface area contributed by atoms with E-state index < -0.39 is 0 Å². The third kappa shape index (κ3) is 2.04. The van der Waals surface area contributed by atoms with Crippen LogP contribution in [0.15, 0.2) is 18.3 Å². The molecule has 0 spiro atoms. The van der Waals surface area contributed by atoms with E-state index in [0.717, 1.165) is 5.56 Å². The second-order valence-electron chi connectivity index (χ2n) is 2.08. The average molecular weight is 147 g/mol. The lowest BCUT2D eigenvalue weighted by atomic mass is 10.2. The minimum absolute atomic E-state index is 0.609. The Morgan fingerprint density at radius 2 is 2.45 bits per heavy atom. The summed E-state index contributed by atoms with van der Waals surface area (Å²) in [6.07, 6.45) is 6.82. The molecule has 3 heteroatoms. The fraction of sp³-hybridized carbons (Fsp3) is 0.125. The zero-order valence-corrected chi connectivity index (χ0v) is 6.04. The minimum Gasteiger partial charge on any atom is -0.271 e. The van der Waals surface area contributed by atoms with E-state index in [1.54, 1.807) is 12.3 Å². The lowest BCUT2D eigenvalue weighted by molar-refractivity contribution is 0.738. The van der Waals surface area contributed by atoms with Gasteiger partial charge in [-0.25, -0.2) is 4.98 Å². The van der Waals surface area contributed by atoms with E-state index in [9.17, 15) is 0 Å². The van der Waals surface area contributed by atoms with Crippen molar-refractivity contribution in [3.05, 3.63) is 29.6 Å². The molecule has 1 aromatic rings. The summed E-state index contributed by atoms with van der Waals surface area (Å²) >= 11 is 0. The van der Waals surface area contributed by atoms with Crippen LogP contribution in [0.3, 0.4) is 0 Å². The fourth-order valence-electron chi connectivity index (χ4n) is 0.732. The first-order valence-corrected chi connectivity index (χ1v) is 3.22. The van der Waals surface area contributed by atoms with Gasteiger partial charge >= 0.3 is 0 Å². The molecule has 0 radical (unpaired) electrons. The highest BCUT2D eigenvalue weighted by Crippen LogP contribution is 1.97. The number of hydrogen-bond acceptors (Lipinski definition) is 3. The largest absolute Gasteiger partial charge is 0.271 e. The molecule has 0 unspecified atom stereocenters. The van der Waals surface area contributed by atoms with E-state index >= 15 is 0 Å². The van der Waals surface area contributed by atoms with Crippen LogP contribution in [0, 0.1) is 12.3 Å². The molecule has 0 amide bonds. The predicted molar refractivity (Wildman–Crippen MR) is 43.2 cm³/mol. The Kier molecular flexibility index (Phi) is 2.61. The topological polar surface area (TPSA) is 50.9 Å². The third-order valence-electron chi connectivity index (χ3n) is 1.28. The van der Waals surface area contributed by atoms with Crippen LogP contribution in [-0.4, -0.2) is 4.98 Å². The van der Waals surface area contributed by atoms with Crippen LogP contribution in [0.5, 0.6) is 0 Å². The summed E-state index contributed by atoms with van der Waals surface area (Å²) in [5.41, 5.74) is 4.19. The summed E-state index contributed by atoms with van der Waals surface area (Å²) < 4.78 is 0. The molecule has 0 bridgehead atoms. The molecule has 0 aliphatic carbocycles. The van der Waals surface area contributed by atoms with Gasteiger partial charge in [0.1, 0.15) is 5.69 Å². The lowest BCUT2D eigenvalue weighted by Crippen LogP contribution is -2.20. The van der Waals surface area contributed by atoms with E-state index in [1.807, 2.05) is 6.07 Å². The molecule has 0 aliphatic rings. The SMILES string of the molecule is C#Cc1ccc(CNN)cn1. The Balaban J connectivity index is 2.76. The summed E-state index contributed by atoms with van der Waals surface area (Å²) in [6.45, 7) is 0.609. The van der Waals surface area contributed by atoms with E-state index in [0.29, 0.717) is 12.2 Å². The highest BCUT2D eigenvalue weighted by atomic mass is 15.2. The van der Waals surface area contributed by atoms with Crippen LogP contribution < -0.4 is 11.3 Å². The molecule has 1 rings (SSSR count). The van der Waals surface area contributed by atoms with Crippen molar-refractivity contribution in [2.45, 2.75) is 6.54 Å². The van der Waals surface area contributed by atoms with E-state index in [2.05, 4.69) is 16.3 Å².